The minimum absolute atomic E-state index is 0.0294. The molecule has 1 aromatic carbocycles. The third-order valence-corrected chi connectivity index (χ3v) is 7.95. The number of amides is 2. The van der Waals surface area contributed by atoms with E-state index in [4.69, 9.17) is 0 Å². The van der Waals surface area contributed by atoms with Crippen molar-refractivity contribution >= 4 is 21.8 Å². The standard InChI is InChI=1S/C22H35N3O4S/c1-15-16(2)18(4)22(19(5)17(15)3)30(28,29)24-11-10-20(26)23-12-14-25-13-8-6-7-9-21(25)27/h24H,6-14H2,1-5H3,(H,23,26). The Labute approximate surface area is 180 Å². The van der Waals surface area contributed by atoms with Crippen LogP contribution in [0, 0.1) is 34.6 Å². The van der Waals surface area contributed by atoms with Crippen molar-refractivity contribution in [3.63, 3.8) is 0 Å². The number of hydrogen-bond acceptors (Lipinski definition) is 4. The van der Waals surface area contributed by atoms with Crippen LogP contribution in [0.2, 0.25) is 0 Å². The van der Waals surface area contributed by atoms with E-state index in [-0.39, 0.29) is 24.8 Å². The quantitative estimate of drug-likeness (QED) is 0.653. The molecule has 0 bridgehead atoms. The molecule has 1 heterocycles. The largest absolute Gasteiger partial charge is 0.354 e. The van der Waals surface area contributed by atoms with Crippen LogP contribution >= 0.6 is 0 Å². The van der Waals surface area contributed by atoms with Crippen LogP contribution in [0.4, 0.5) is 0 Å². The third-order valence-electron chi connectivity index (χ3n) is 6.22. The summed E-state index contributed by atoms with van der Waals surface area (Å²) in [6.45, 7) is 11.1. The topological polar surface area (TPSA) is 95.6 Å². The summed E-state index contributed by atoms with van der Waals surface area (Å²) in [5, 5.41) is 2.78. The van der Waals surface area contributed by atoms with Crippen LogP contribution in [-0.2, 0) is 19.6 Å². The summed E-state index contributed by atoms with van der Waals surface area (Å²) in [5.74, 6) is -0.0892. The first-order valence-electron chi connectivity index (χ1n) is 10.7. The SMILES string of the molecule is Cc1c(C)c(C)c(S(=O)(=O)NCCC(=O)NCCN2CCCCCC2=O)c(C)c1C. The molecule has 8 heteroatoms. The lowest BCUT2D eigenvalue weighted by molar-refractivity contribution is -0.131. The van der Waals surface area contributed by atoms with Crippen molar-refractivity contribution in [3.8, 4) is 0 Å². The molecule has 7 nitrogen and oxygen atoms in total. The minimum atomic E-state index is -3.71. The minimum Gasteiger partial charge on any atom is -0.354 e. The van der Waals surface area contributed by atoms with Crippen molar-refractivity contribution in [1.82, 2.24) is 14.9 Å². The van der Waals surface area contributed by atoms with E-state index in [1.165, 1.54) is 0 Å². The van der Waals surface area contributed by atoms with Gasteiger partial charge in [0.15, 0.2) is 0 Å². The molecular formula is C22H35N3O4S. The molecule has 168 valence electrons. The number of hydrogen-bond donors (Lipinski definition) is 2. The van der Waals surface area contributed by atoms with Crippen molar-refractivity contribution in [2.75, 3.05) is 26.2 Å². The van der Waals surface area contributed by atoms with E-state index in [1.54, 1.807) is 4.90 Å². The monoisotopic (exact) mass is 437 g/mol. The predicted molar refractivity (Wildman–Crippen MR) is 118 cm³/mol. The zero-order chi connectivity index (χ0) is 22.5. The van der Waals surface area contributed by atoms with Crippen LogP contribution in [0.25, 0.3) is 0 Å². The van der Waals surface area contributed by atoms with Crippen molar-refractivity contribution in [1.29, 1.82) is 0 Å². The van der Waals surface area contributed by atoms with E-state index < -0.39 is 10.0 Å². The van der Waals surface area contributed by atoms with Gasteiger partial charge in [0.25, 0.3) is 0 Å². The van der Waals surface area contributed by atoms with Crippen LogP contribution < -0.4 is 10.0 Å². The lowest BCUT2D eigenvalue weighted by atomic mass is 9.95. The summed E-state index contributed by atoms with van der Waals surface area (Å²) in [7, 11) is -3.71. The number of nitrogens with one attached hydrogen (secondary N) is 2. The van der Waals surface area contributed by atoms with Gasteiger partial charge in [-0.3, -0.25) is 9.59 Å². The van der Waals surface area contributed by atoms with Crippen molar-refractivity contribution < 1.29 is 18.0 Å². The number of likely N-dealkylation sites (tertiary alicyclic amines) is 1. The summed E-state index contributed by atoms with van der Waals surface area (Å²) in [4.78, 5) is 26.2. The molecule has 0 aromatic heterocycles. The summed E-state index contributed by atoms with van der Waals surface area (Å²) in [5.41, 5.74) is 4.54. The Kier molecular flexibility index (Phi) is 8.43. The molecule has 1 aliphatic rings. The Bertz CT molecular complexity index is 880. The second-order valence-electron chi connectivity index (χ2n) is 8.14. The zero-order valence-electron chi connectivity index (χ0n) is 18.9. The van der Waals surface area contributed by atoms with Crippen molar-refractivity contribution in [2.24, 2.45) is 0 Å². The van der Waals surface area contributed by atoms with Crippen molar-refractivity contribution in [2.45, 2.75) is 71.6 Å². The van der Waals surface area contributed by atoms with Gasteiger partial charge in [0, 0.05) is 39.0 Å². The maximum Gasteiger partial charge on any atom is 0.241 e. The van der Waals surface area contributed by atoms with Crippen LogP contribution in [-0.4, -0.2) is 51.3 Å². The number of sulfonamides is 1. The smallest absolute Gasteiger partial charge is 0.241 e. The number of nitrogens with zero attached hydrogens (tertiary/aromatic N) is 1. The summed E-state index contributed by atoms with van der Waals surface area (Å²) in [6.07, 6.45) is 3.62. The Morgan fingerprint density at radius 2 is 1.50 bits per heavy atom. The molecule has 0 saturated carbocycles. The highest BCUT2D eigenvalue weighted by Crippen LogP contribution is 2.29. The van der Waals surface area contributed by atoms with Crippen LogP contribution in [0.3, 0.4) is 0 Å². The first kappa shape index (κ1) is 24.3. The van der Waals surface area contributed by atoms with E-state index in [0.717, 1.165) is 53.6 Å². The molecule has 1 aromatic rings. The lowest BCUT2D eigenvalue weighted by Crippen LogP contribution is -2.39. The second kappa shape index (κ2) is 10.4. The van der Waals surface area contributed by atoms with Crippen LogP contribution in [0.5, 0.6) is 0 Å². The molecule has 1 saturated heterocycles. The van der Waals surface area contributed by atoms with Crippen LogP contribution in [0.15, 0.2) is 4.90 Å². The molecule has 0 spiro atoms. The first-order valence-corrected chi connectivity index (χ1v) is 12.2. The molecule has 0 radical (unpaired) electrons. The Morgan fingerprint density at radius 3 is 2.13 bits per heavy atom. The molecule has 0 aliphatic carbocycles. The van der Waals surface area contributed by atoms with E-state index in [0.29, 0.717) is 24.4 Å². The summed E-state index contributed by atoms with van der Waals surface area (Å²) < 4.78 is 28.3. The van der Waals surface area contributed by atoms with E-state index >= 15 is 0 Å². The van der Waals surface area contributed by atoms with E-state index in [1.807, 2.05) is 34.6 Å². The molecule has 1 fully saturated rings. The molecule has 2 amide bonds. The fourth-order valence-electron chi connectivity index (χ4n) is 3.93. The highest BCUT2D eigenvalue weighted by atomic mass is 32.2. The Hall–Kier alpha value is -1.93. The molecule has 0 unspecified atom stereocenters. The van der Waals surface area contributed by atoms with Gasteiger partial charge >= 0.3 is 0 Å². The van der Waals surface area contributed by atoms with Crippen LogP contribution in [0.1, 0.15) is 59.9 Å². The Morgan fingerprint density at radius 1 is 0.900 bits per heavy atom. The fourth-order valence-corrected chi connectivity index (χ4v) is 5.56. The van der Waals surface area contributed by atoms with Gasteiger partial charge in [-0.2, -0.15) is 0 Å². The average molecular weight is 438 g/mol. The number of carbonyl (C=O) groups is 2. The summed E-state index contributed by atoms with van der Waals surface area (Å²) in [6, 6.07) is 0. The highest BCUT2D eigenvalue weighted by Gasteiger charge is 2.23. The third kappa shape index (κ3) is 5.82. The highest BCUT2D eigenvalue weighted by molar-refractivity contribution is 7.89. The Balaban J connectivity index is 1.87. The van der Waals surface area contributed by atoms with Gasteiger partial charge < -0.3 is 10.2 Å². The molecule has 30 heavy (non-hydrogen) atoms. The number of benzene rings is 1. The average Bonchev–Trinajstić information content (AvgIpc) is 2.89. The fraction of sp³-hybridized carbons (Fsp3) is 0.636. The van der Waals surface area contributed by atoms with Gasteiger partial charge in [-0.1, -0.05) is 6.42 Å². The lowest BCUT2D eigenvalue weighted by Gasteiger charge is -2.20. The van der Waals surface area contributed by atoms with Gasteiger partial charge in [0.1, 0.15) is 0 Å². The predicted octanol–water partition coefficient (Wildman–Crippen LogP) is 2.42. The van der Waals surface area contributed by atoms with E-state index in [2.05, 4.69) is 10.0 Å². The van der Waals surface area contributed by atoms with Gasteiger partial charge in [-0.15, -0.1) is 0 Å². The molecule has 2 N–H and O–H groups in total. The van der Waals surface area contributed by atoms with Gasteiger partial charge in [-0.25, -0.2) is 13.1 Å². The molecule has 1 aliphatic heterocycles. The number of carbonyl (C=O) groups excluding carboxylic acids is 2. The van der Waals surface area contributed by atoms with Gasteiger partial charge in [-0.05, 0) is 75.3 Å². The second-order valence-corrected chi connectivity index (χ2v) is 9.85. The summed E-state index contributed by atoms with van der Waals surface area (Å²) >= 11 is 0. The molecule has 0 atom stereocenters. The maximum absolute atomic E-state index is 12.9. The molecular weight excluding hydrogens is 402 g/mol. The number of rotatable bonds is 8. The normalized spacial score (nSPS) is 15.2. The zero-order valence-corrected chi connectivity index (χ0v) is 19.7. The van der Waals surface area contributed by atoms with Crippen molar-refractivity contribution in [3.05, 3.63) is 27.8 Å². The van der Waals surface area contributed by atoms with E-state index in [9.17, 15) is 18.0 Å². The first-order chi connectivity index (χ1) is 14.1. The van der Waals surface area contributed by atoms with Gasteiger partial charge in [0.2, 0.25) is 21.8 Å². The van der Waals surface area contributed by atoms with Gasteiger partial charge in [0.05, 0.1) is 4.90 Å². The maximum atomic E-state index is 12.9. The molecule has 2 rings (SSSR count).